The summed E-state index contributed by atoms with van der Waals surface area (Å²) in [5.41, 5.74) is 1.94. The molecule has 12 heteroatoms. The van der Waals surface area contributed by atoms with Gasteiger partial charge in [-0.2, -0.15) is 4.52 Å². The molecule has 0 bridgehead atoms. The van der Waals surface area contributed by atoms with Gasteiger partial charge in [0.05, 0.1) is 20.8 Å². The van der Waals surface area contributed by atoms with Crippen molar-refractivity contribution >= 4 is 23.1 Å². The molecular formula is C25H26N6O6. The van der Waals surface area contributed by atoms with Crippen LogP contribution in [-0.4, -0.2) is 65.6 Å². The molecule has 0 unspecified atom stereocenters. The Hall–Kier alpha value is -4.87. The molecule has 0 saturated heterocycles. The monoisotopic (exact) mass is 506 g/mol. The Bertz CT molecular complexity index is 1390. The number of fused-ring (bicyclic) bond motifs is 1. The Morgan fingerprint density at radius 1 is 0.919 bits per heavy atom. The average Bonchev–Trinajstić information content (AvgIpc) is 3.33. The predicted molar refractivity (Wildman–Crippen MR) is 134 cm³/mol. The highest BCUT2D eigenvalue weighted by Gasteiger charge is 2.14. The number of rotatable bonds is 11. The molecule has 4 aromatic rings. The van der Waals surface area contributed by atoms with Crippen LogP contribution in [0.3, 0.4) is 0 Å². The molecule has 2 aromatic heterocycles. The van der Waals surface area contributed by atoms with Crippen molar-refractivity contribution < 1.29 is 28.5 Å². The minimum atomic E-state index is -0.299. The number of carbonyl (C=O) groups excluding carboxylic acids is 2. The molecule has 0 aliphatic rings. The molecule has 0 aliphatic heterocycles. The predicted octanol–water partition coefficient (Wildman–Crippen LogP) is 2.34. The van der Waals surface area contributed by atoms with E-state index >= 15 is 0 Å². The molecule has 37 heavy (non-hydrogen) atoms. The quantitative estimate of drug-likeness (QED) is 0.294. The highest BCUT2D eigenvalue weighted by molar-refractivity contribution is 5.88. The van der Waals surface area contributed by atoms with Gasteiger partial charge in [-0.1, -0.05) is 0 Å². The Labute approximate surface area is 212 Å². The van der Waals surface area contributed by atoms with Crippen molar-refractivity contribution in [3.8, 4) is 34.5 Å². The average molecular weight is 507 g/mol. The van der Waals surface area contributed by atoms with E-state index in [1.54, 1.807) is 67.3 Å². The number of aromatic nitrogens is 4. The number of nitrogens with zero attached hydrogens (tertiary/aromatic N) is 4. The molecule has 2 amide bonds. The summed E-state index contributed by atoms with van der Waals surface area (Å²) in [6.07, 6.45) is 0. The van der Waals surface area contributed by atoms with Gasteiger partial charge in [-0.05, 0) is 48.5 Å². The number of anilines is 1. The summed E-state index contributed by atoms with van der Waals surface area (Å²) in [5.74, 6) is 2.07. The summed E-state index contributed by atoms with van der Waals surface area (Å²) in [7, 11) is 3.13. The Balaban J connectivity index is 1.28. The molecule has 2 aromatic carbocycles. The molecule has 0 radical (unpaired) electrons. The van der Waals surface area contributed by atoms with Gasteiger partial charge in [-0.3, -0.25) is 9.59 Å². The number of ether oxygens (including phenoxy) is 4. The zero-order chi connectivity index (χ0) is 26.2. The molecule has 0 atom stereocenters. The molecule has 0 fully saturated rings. The van der Waals surface area contributed by atoms with Gasteiger partial charge in [0.2, 0.25) is 11.8 Å². The molecular weight excluding hydrogens is 480 g/mol. The van der Waals surface area contributed by atoms with E-state index in [1.165, 1.54) is 6.92 Å². The van der Waals surface area contributed by atoms with Crippen molar-refractivity contribution in [3.63, 3.8) is 0 Å². The Morgan fingerprint density at radius 2 is 1.70 bits per heavy atom. The first kappa shape index (κ1) is 25.2. The van der Waals surface area contributed by atoms with Gasteiger partial charge in [0, 0.05) is 24.2 Å². The molecule has 0 spiro atoms. The van der Waals surface area contributed by atoms with Crippen LogP contribution in [0.15, 0.2) is 54.6 Å². The first-order valence-electron chi connectivity index (χ1n) is 11.3. The van der Waals surface area contributed by atoms with E-state index in [2.05, 4.69) is 25.9 Å². The fourth-order valence-corrected chi connectivity index (χ4v) is 3.39. The normalized spacial score (nSPS) is 10.6. The zero-order valence-corrected chi connectivity index (χ0v) is 20.6. The first-order valence-corrected chi connectivity index (χ1v) is 11.3. The van der Waals surface area contributed by atoms with Gasteiger partial charge in [0.25, 0.3) is 5.91 Å². The summed E-state index contributed by atoms with van der Waals surface area (Å²) in [5, 5.41) is 18.2. The van der Waals surface area contributed by atoms with Gasteiger partial charge in [0.15, 0.2) is 29.6 Å². The van der Waals surface area contributed by atoms with Crippen LogP contribution < -0.4 is 29.6 Å². The van der Waals surface area contributed by atoms with Crippen molar-refractivity contribution in [2.75, 3.05) is 39.3 Å². The van der Waals surface area contributed by atoms with Crippen LogP contribution in [0.25, 0.3) is 17.0 Å². The fraction of sp³-hybridized carbons (Fsp3) is 0.240. The number of hydrogen-bond acceptors (Lipinski definition) is 9. The van der Waals surface area contributed by atoms with Gasteiger partial charge in [-0.15, -0.1) is 15.3 Å². The van der Waals surface area contributed by atoms with Crippen molar-refractivity contribution in [2.45, 2.75) is 6.92 Å². The van der Waals surface area contributed by atoms with Gasteiger partial charge >= 0.3 is 0 Å². The van der Waals surface area contributed by atoms with E-state index in [4.69, 9.17) is 18.9 Å². The first-order chi connectivity index (χ1) is 18.0. The molecule has 2 heterocycles. The van der Waals surface area contributed by atoms with Crippen LogP contribution in [0.1, 0.15) is 6.92 Å². The van der Waals surface area contributed by atoms with Crippen molar-refractivity contribution in [2.24, 2.45) is 0 Å². The second-order valence-corrected chi connectivity index (χ2v) is 7.73. The van der Waals surface area contributed by atoms with Crippen molar-refractivity contribution in [3.05, 3.63) is 54.6 Å². The smallest absolute Gasteiger partial charge is 0.258 e. The summed E-state index contributed by atoms with van der Waals surface area (Å²) in [6.45, 7) is 1.73. The summed E-state index contributed by atoms with van der Waals surface area (Å²) >= 11 is 0. The number of benzene rings is 2. The molecule has 0 aliphatic carbocycles. The van der Waals surface area contributed by atoms with E-state index in [0.717, 1.165) is 5.56 Å². The highest BCUT2D eigenvalue weighted by Crippen LogP contribution is 2.31. The van der Waals surface area contributed by atoms with E-state index in [-0.39, 0.29) is 31.6 Å². The second-order valence-electron chi connectivity index (χ2n) is 7.73. The third-order valence-corrected chi connectivity index (χ3v) is 5.10. The van der Waals surface area contributed by atoms with Crippen molar-refractivity contribution in [1.29, 1.82) is 0 Å². The zero-order valence-electron chi connectivity index (χ0n) is 20.6. The SMILES string of the molecule is COc1ccc(-c2nnc3ccc(OCCNC(=O)COc4ccc(NC(C)=O)cc4)nn23)cc1OC. The number of carbonyl (C=O) groups is 2. The Kier molecular flexibility index (Phi) is 7.98. The van der Waals surface area contributed by atoms with E-state index in [0.29, 0.717) is 40.3 Å². The summed E-state index contributed by atoms with van der Waals surface area (Å²) in [6, 6.07) is 15.6. The molecule has 4 rings (SSSR count). The van der Waals surface area contributed by atoms with Crippen LogP contribution in [-0.2, 0) is 9.59 Å². The van der Waals surface area contributed by atoms with Gasteiger partial charge in [0.1, 0.15) is 12.4 Å². The third kappa shape index (κ3) is 6.42. The van der Waals surface area contributed by atoms with Crippen molar-refractivity contribution in [1.82, 2.24) is 25.1 Å². The molecule has 0 saturated carbocycles. The lowest BCUT2D eigenvalue weighted by molar-refractivity contribution is -0.123. The molecule has 192 valence electrons. The topological polar surface area (TPSA) is 138 Å². The number of hydrogen-bond donors (Lipinski definition) is 2. The summed E-state index contributed by atoms with van der Waals surface area (Å²) in [4.78, 5) is 23.1. The second kappa shape index (κ2) is 11.7. The lowest BCUT2D eigenvalue weighted by Crippen LogP contribution is -2.32. The van der Waals surface area contributed by atoms with Crippen LogP contribution in [0.2, 0.25) is 0 Å². The van der Waals surface area contributed by atoms with Crippen LogP contribution in [0.4, 0.5) is 5.69 Å². The van der Waals surface area contributed by atoms with Crippen LogP contribution >= 0.6 is 0 Å². The molecule has 12 nitrogen and oxygen atoms in total. The number of methoxy groups -OCH3 is 2. The fourth-order valence-electron chi connectivity index (χ4n) is 3.39. The molecule has 2 N–H and O–H groups in total. The maximum Gasteiger partial charge on any atom is 0.258 e. The minimum absolute atomic E-state index is 0.154. The Morgan fingerprint density at radius 3 is 2.43 bits per heavy atom. The largest absolute Gasteiger partial charge is 0.493 e. The van der Waals surface area contributed by atoms with Crippen LogP contribution in [0, 0.1) is 0 Å². The van der Waals surface area contributed by atoms with E-state index < -0.39 is 0 Å². The van der Waals surface area contributed by atoms with Gasteiger partial charge < -0.3 is 29.6 Å². The third-order valence-electron chi connectivity index (χ3n) is 5.10. The number of nitrogens with one attached hydrogen (secondary N) is 2. The van der Waals surface area contributed by atoms with E-state index in [1.807, 2.05) is 6.07 Å². The minimum Gasteiger partial charge on any atom is -0.493 e. The lowest BCUT2D eigenvalue weighted by atomic mass is 10.2. The maximum atomic E-state index is 12.1. The van der Waals surface area contributed by atoms with Crippen LogP contribution in [0.5, 0.6) is 23.1 Å². The van der Waals surface area contributed by atoms with E-state index in [9.17, 15) is 9.59 Å². The van der Waals surface area contributed by atoms with Gasteiger partial charge in [-0.25, -0.2) is 0 Å². The number of amides is 2. The maximum absolute atomic E-state index is 12.1. The summed E-state index contributed by atoms with van der Waals surface area (Å²) < 4.78 is 23.4. The lowest BCUT2D eigenvalue weighted by Gasteiger charge is -2.10. The standard InChI is InChI=1S/C25H26N6O6/c1-16(32)27-18-5-7-19(8-6-18)37-15-23(33)26-12-13-36-24-11-10-22-28-29-25(31(22)30-24)17-4-9-20(34-2)21(14-17)35-3/h4-11,14H,12-13,15H2,1-3H3,(H,26,33)(H,27,32). The highest BCUT2D eigenvalue weighted by atomic mass is 16.5.